The number of nitro groups is 1. The number of hydrogen-bond donors (Lipinski definition) is 1. The highest BCUT2D eigenvalue weighted by Crippen LogP contribution is 2.33. The molecule has 1 fully saturated rings. The summed E-state index contributed by atoms with van der Waals surface area (Å²) in [6.45, 7) is 3.57. The Balaban J connectivity index is 2.30. The van der Waals surface area contributed by atoms with E-state index < -0.39 is 20.5 Å². The minimum Gasteiger partial charge on any atom is -0.387 e. The Hall–Kier alpha value is -1.51. The molecule has 0 bridgehead atoms. The van der Waals surface area contributed by atoms with E-state index in [2.05, 4.69) is 0 Å². The first kappa shape index (κ1) is 15.9. The molecule has 116 valence electrons. The van der Waals surface area contributed by atoms with Crippen LogP contribution in [0.1, 0.15) is 25.3 Å². The summed E-state index contributed by atoms with van der Waals surface area (Å²) in [7, 11) is -3.81. The molecule has 1 aliphatic heterocycles. The molecule has 1 saturated heterocycles. The molecule has 7 nitrogen and oxygen atoms in total. The number of β-amino-alcohol motifs (C(OH)–C–C–N with tert-alkyl or cyclic N) is 1. The summed E-state index contributed by atoms with van der Waals surface area (Å²) >= 11 is 0. The maximum atomic E-state index is 12.5. The number of rotatable bonds is 5. The smallest absolute Gasteiger partial charge is 0.270 e. The number of aryl methyl sites for hydroxylation is 1. The normalized spacial score (nSPS) is 18.2. The molecule has 1 aromatic carbocycles. The summed E-state index contributed by atoms with van der Waals surface area (Å²) in [5.41, 5.74) is -0.786. The highest BCUT2D eigenvalue weighted by Gasteiger charge is 2.47. The van der Waals surface area contributed by atoms with E-state index in [4.69, 9.17) is 0 Å². The molecule has 21 heavy (non-hydrogen) atoms. The van der Waals surface area contributed by atoms with Gasteiger partial charge in [-0.3, -0.25) is 10.1 Å². The monoisotopic (exact) mass is 314 g/mol. The SMILES string of the molecule is CCCC1(O)CN(S(=O)(=O)c2cc([N+](=O)[O-])ccc2C)C1. The van der Waals surface area contributed by atoms with E-state index in [-0.39, 0.29) is 23.7 Å². The minimum atomic E-state index is -3.81. The first-order valence-electron chi connectivity index (χ1n) is 6.67. The summed E-state index contributed by atoms with van der Waals surface area (Å²) in [4.78, 5) is 10.1. The van der Waals surface area contributed by atoms with E-state index in [1.165, 1.54) is 12.1 Å². The number of sulfonamides is 1. The highest BCUT2D eigenvalue weighted by molar-refractivity contribution is 7.89. The molecule has 1 heterocycles. The van der Waals surface area contributed by atoms with Gasteiger partial charge in [0.25, 0.3) is 5.69 Å². The first-order chi connectivity index (χ1) is 9.69. The van der Waals surface area contributed by atoms with Gasteiger partial charge in [-0.25, -0.2) is 8.42 Å². The molecule has 0 aromatic heterocycles. The third kappa shape index (κ3) is 2.92. The van der Waals surface area contributed by atoms with Crippen LogP contribution in [0.5, 0.6) is 0 Å². The minimum absolute atomic E-state index is 0.0330. The maximum Gasteiger partial charge on any atom is 0.270 e. The van der Waals surface area contributed by atoms with Crippen molar-refractivity contribution in [3.05, 3.63) is 33.9 Å². The maximum absolute atomic E-state index is 12.5. The van der Waals surface area contributed by atoms with Crippen molar-refractivity contribution in [3.8, 4) is 0 Å². The van der Waals surface area contributed by atoms with Crippen LogP contribution in [0.15, 0.2) is 23.1 Å². The average molecular weight is 314 g/mol. The second-order valence-corrected chi connectivity index (χ2v) is 7.36. The molecule has 0 radical (unpaired) electrons. The van der Waals surface area contributed by atoms with Gasteiger partial charge in [0.05, 0.1) is 15.4 Å². The standard InChI is InChI=1S/C13H18N2O5S/c1-3-6-13(16)8-14(9-13)21(19,20)12-7-11(15(17)18)5-4-10(12)2/h4-5,7,16H,3,6,8-9H2,1-2H3. The Morgan fingerprint density at radius 1 is 1.43 bits per heavy atom. The van der Waals surface area contributed by atoms with Crippen molar-refractivity contribution in [2.45, 2.75) is 37.2 Å². The molecule has 0 atom stereocenters. The van der Waals surface area contributed by atoms with Crippen LogP contribution in [0.2, 0.25) is 0 Å². The lowest BCUT2D eigenvalue weighted by atomic mass is 9.92. The molecule has 0 saturated carbocycles. The Morgan fingerprint density at radius 2 is 2.05 bits per heavy atom. The zero-order chi connectivity index (χ0) is 15.8. The van der Waals surface area contributed by atoms with Crippen LogP contribution in [-0.2, 0) is 10.0 Å². The van der Waals surface area contributed by atoms with Gasteiger partial charge in [0, 0.05) is 25.2 Å². The van der Waals surface area contributed by atoms with E-state index in [0.717, 1.165) is 16.8 Å². The zero-order valence-electron chi connectivity index (χ0n) is 11.9. The third-order valence-electron chi connectivity index (χ3n) is 3.66. The highest BCUT2D eigenvalue weighted by atomic mass is 32.2. The largest absolute Gasteiger partial charge is 0.387 e. The predicted octanol–water partition coefficient (Wildman–Crippen LogP) is 1.44. The lowest BCUT2D eigenvalue weighted by Crippen LogP contribution is -2.63. The fourth-order valence-corrected chi connectivity index (χ4v) is 4.37. The van der Waals surface area contributed by atoms with Crippen LogP contribution in [-0.4, -0.2) is 41.4 Å². The van der Waals surface area contributed by atoms with E-state index in [9.17, 15) is 23.6 Å². The van der Waals surface area contributed by atoms with Gasteiger partial charge >= 0.3 is 0 Å². The molecule has 1 aliphatic rings. The summed E-state index contributed by atoms with van der Waals surface area (Å²) in [5.74, 6) is 0. The molecule has 8 heteroatoms. The number of aliphatic hydroxyl groups is 1. The average Bonchev–Trinajstić information content (AvgIpc) is 2.36. The number of hydrogen-bond acceptors (Lipinski definition) is 5. The van der Waals surface area contributed by atoms with Crippen molar-refractivity contribution in [2.75, 3.05) is 13.1 Å². The third-order valence-corrected chi connectivity index (χ3v) is 5.59. The fourth-order valence-electron chi connectivity index (χ4n) is 2.52. The number of nitro benzene ring substituents is 1. The first-order valence-corrected chi connectivity index (χ1v) is 8.11. The number of benzene rings is 1. The second kappa shape index (κ2) is 5.36. The topological polar surface area (TPSA) is 101 Å². The van der Waals surface area contributed by atoms with Crippen LogP contribution in [0.3, 0.4) is 0 Å². The Kier molecular flexibility index (Phi) is 4.05. The molecular formula is C13H18N2O5S. The number of nitrogens with zero attached hydrogens (tertiary/aromatic N) is 2. The van der Waals surface area contributed by atoms with Gasteiger partial charge < -0.3 is 5.11 Å². The summed E-state index contributed by atoms with van der Waals surface area (Å²) in [6.07, 6.45) is 1.30. The van der Waals surface area contributed by atoms with Crippen LogP contribution in [0.25, 0.3) is 0 Å². The lowest BCUT2D eigenvalue weighted by Gasteiger charge is -2.45. The van der Waals surface area contributed by atoms with Gasteiger partial charge in [0.2, 0.25) is 10.0 Å². The molecule has 2 rings (SSSR count). The molecule has 1 aromatic rings. The molecule has 1 N–H and O–H groups in total. The summed E-state index contributed by atoms with van der Waals surface area (Å²) in [5, 5.41) is 20.9. The van der Waals surface area contributed by atoms with Crippen LogP contribution < -0.4 is 0 Å². The van der Waals surface area contributed by atoms with Crippen molar-refractivity contribution in [1.29, 1.82) is 0 Å². The Morgan fingerprint density at radius 3 is 2.57 bits per heavy atom. The molecule has 0 unspecified atom stereocenters. The fraction of sp³-hybridized carbons (Fsp3) is 0.538. The number of non-ortho nitro benzene ring substituents is 1. The van der Waals surface area contributed by atoms with Gasteiger partial charge in [0.1, 0.15) is 0 Å². The van der Waals surface area contributed by atoms with Crippen molar-refractivity contribution in [2.24, 2.45) is 0 Å². The summed E-state index contributed by atoms with van der Waals surface area (Å²) in [6, 6.07) is 3.77. The quantitative estimate of drug-likeness (QED) is 0.654. The van der Waals surface area contributed by atoms with E-state index in [1.807, 2.05) is 6.92 Å². The van der Waals surface area contributed by atoms with Gasteiger partial charge in [-0.1, -0.05) is 19.4 Å². The van der Waals surface area contributed by atoms with Crippen LogP contribution in [0, 0.1) is 17.0 Å². The van der Waals surface area contributed by atoms with E-state index in [1.54, 1.807) is 6.92 Å². The lowest BCUT2D eigenvalue weighted by molar-refractivity contribution is -0.385. The molecule has 0 spiro atoms. The zero-order valence-corrected chi connectivity index (χ0v) is 12.8. The van der Waals surface area contributed by atoms with Crippen LogP contribution >= 0.6 is 0 Å². The summed E-state index contributed by atoms with van der Waals surface area (Å²) < 4.78 is 26.2. The van der Waals surface area contributed by atoms with Gasteiger partial charge in [-0.05, 0) is 18.9 Å². The van der Waals surface area contributed by atoms with Gasteiger partial charge in [0.15, 0.2) is 0 Å². The Labute approximate surface area is 123 Å². The van der Waals surface area contributed by atoms with Crippen molar-refractivity contribution in [1.82, 2.24) is 4.31 Å². The van der Waals surface area contributed by atoms with Crippen molar-refractivity contribution in [3.63, 3.8) is 0 Å². The van der Waals surface area contributed by atoms with E-state index >= 15 is 0 Å². The van der Waals surface area contributed by atoms with E-state index in [0.29, 0.717) is 12.0 Å². The molecular weight excluding hydrogens is 296 g/mol. The van der Waals surface area contributed by atoms with Crippen LogP contribution in [0.4, 0.5) is 5.69 Å². The van der Waals surface area contributed by atoms with Crippen molar-refractivity contribution >= 4 is 15.7 Å². The Bertz CT molecular complexity index is 665. The molecule has 0 amide bonds. The van der Waals surface area contributed by atoms with Gasteiger partial charge in [-0.15, -0.1) is 0 Å². The van der Waals surface area contributed by atoms with Crippen molar-refractivity contribution < 1.29 is 18.4 Å². The van der Waals surface area contributed by atoms with Gasteiger partial charge in [-0.2, -0.15) is 4.31 Å². The predicted molar refractivity (Wildman–Crippen MR) is 76.5 cm³/mol. The second-order valence-electron chi connectivity index (χ2n) is 5.45. The molecule has 0 aliphatic carbocycles.